The van der Waals surface area contributed by atoms with Crippen molar-refractivity contribution in [2.75, 3.05) is 50.0 Å². The monoisotopic (exact) mass is 1560 g/mol. The molecule has 2 aromatic heterocycles. The normalized spacial score (nSPS) is 17.9. The van der Waals surface area contributed by atoms with Gasteiger partial charge in [-0.2, -0.15) is 0 Å². The van der Waals surface area contributed by atoms with E-state index in [1.54, 1.807) is 6.07 Å². The summed E-state index contributed by atoms with van der Waals surface area (Å²) in [6.45, 7) is 1.78. The number of ketones is 1. The van der Waals surface area contributed by atoms with E-state index in [0.29, 0.717) is 60.8 Å². The molecule has 7 heterocycles. The third-order valence-corrected chi connectivity index (χ3v) is 21.4. The number of primary amides is 2. The number of ether oxygens (including phenoxy) is 2. The summed E-state index contributed by atoms with van der Waals surface area (Å²) in [6.07, 6.45) is 14.0. The predicted molar refractivity (Wildman–Crippen MR) is 422 cm³/mol. The third-order valence-electron chi connectivity index (χ3n) is 21.4. The van der Waals surface area contributed by atoms with Crippen LogP contribution >= 0.6 is 0 Å². The summed E-state index contributed by atoms with van der Waals surface area (Å²) < 4.78 is 10.8. The Labute approximate surface area is 661 Å². The number of aromatic nitrogens is 2. The molecule has 6 aliphatic rings. The molecule has 5 aliphatic heterocycles. The third kappa shape index (κ3) is 19.3. The van der Waals surface area contributed by atoms with Crippen LogP contribution in [0.5, 0.6) is 11.5 Å². The van der Waals surface area contributed by atoms with Gasteiger partial charge in [-0.25, -0.2) is 4.79 Å². The Morgan fingerprint density at radius 3 is 1.44 bits per heavy atom. The van der Waals surface area contributed by atoms with Crippen LogP contribution in [-0.2, 0) is 38.4 Å². The molecule has 1 saturated carbocycles. The van der Waals surface area contributed by atoms with Crippen molar-refractivity contribution in [3.63, 3.8) is 0 Å². The Bertz CT molecular complexity index is 5120. The summed E-state index contributed by atoms with van der Waals surface area (Å²) in [7, 11) is 0. The number of hydrogen-bond acceptors (Lipinski definition) is 21. The zero-order valence-electron chi connectivity index (χ0n) is 63.2. The molecule has 0 bridgehead atoms. The Kier molecular flexibility index (Phi) is 26.5. The van der Waals surface area contributed by atoms with Crippen LogP contribution in [-0.4, -0.2) is 164 Å². The minimum absolute atomic E-state index is 0.00121. The molecular weight excluding hydrogens is 1480 g/mol. The van der Waals surface area contributed by atoms with Crippen molar-refractivity contribution in [2.45, 2.75) is 139 Å². The number of amides is 12. The van der Waals surface area contributed by atoms with E-state index in [2.05, 4.69) is 60.8 Å². The number of imide groups is 4. The fraction of sp³-hybridized carbons (Fsp3) is 0.341. The van der Waals surface area contributed by atoms with Crippen LogP contribution in [0.25, 0.3) is 21.8 Å². The minimum atomic E-state index is -1.23. The van der Waals surface area contributed by atoms with Crippen LogP contribution in [0.4, 0.5) is 22.7 Å². The van der Waals surface area contributed by atoms with Crippen LogP contribution in [0.2, 0.25) is 0 Å². The molecule has 14 rings (SSSR count). The number of pyridine rings is 2. The number of nitrogens with two attached hydrogens (primary N) is 3. The molecule has 30 heteroatoms. The first-order chi connectivity index (χ1) is 55.5. The zero-order valence-corrected chi connectivity index (χ0v) is 63.2. The van der Waals surface area contributed by atoms with Gasteiger partial charge >= 0.3 is 5.97 Å². The van der Waals surface area contributed by atoms with Gasteiger partial charge in [-0.3, -0.25) is 92.7 Å². The highest BCUT2D eigenvalue weighted by Crippen LogP contribution is 2.41. The standard InChI is InChI=1S/C43H44N6O8.C27H33N5O2.C15H12N2O7/c44-39(52)32-23-46-33-18-17-27(22-31(33)38(32)47-28-8-3-1-4-9-28)25-13-15-26(16-14-25)40(53)45-21-6-2-5-10-29(50)24-57-35-12-7-11-30-37(35)43(56)49(42(30)55)34-19-20-36(51)48-41(34)54;28-14-6-2-5-9-25(33)32-15-12-19(13-16-32)20-10-11-24-22(17-20)26(23(18-30-24)27(29)34)31-21-7-3-1-4-8-21;18-10-5-4-8(13(21)16-10)17-14(22)7-2-1-3-9(12(7)15(17)23)24-6-11(19)20/h1,3-4,7-9,11-12,17-18,22-23,25-26,34H,2,5-6,10,13-16,19-21,24H2,(H2,44,52)(H,45,53)(H,46,47)(H,48,51,54);1,3-4,7-8,10-11,17-19H,2,5-6,9,12-16,28H2,(H2,29,34)(H,30,31);1-3,8H,4-6H2,(H,19,20)(H,16,18,21). The maximum atomic E-state index is 13.2. The summed E-state index contributed by atoms with van der Waals surface area (Å²) in [5, 5.41) is 24.4. The van der Waals surface area contributed by atoms with Gasteiger partial charge in [0.15, 0.2) is 12.4 Å². The molecule has 1 aliphatic carbocycles. The summed E-state index contributed by atoms with van der Waals surface area (Å²) >= 11 is 0. The van der Waals surface area contributed by atoms with Crippen molar-refractivity contribution in [3.8, 4) is 11.5 Å². The number of carbonyl (C=O) groups excluding carboxylic acids is 13. The van der Waals surface area contributed by atoms with Gasteiger partial charge in [-0.05, 0) is 179 Å². The zero-order chi connectivity index (χ0) is 81.4. The Hall–Kier alpha value is -13.1. The number of hydrogen-bond donors (Lipinski definition) is 9. The van der Waals surface area contributed by atoms with Gasteiger partial charge in [0.25, 0.3) is 35.4 Å². The number of fused-ring (bicyclic) bond motifs is 4. The lowest BCUT2D eigenvalue weighted by Crippen LogP contribution is -2.54. The predicted octanol–water partition coefficient (Wildman–Crippen LogP) is 8.93. The lowest BCUT2D eigenvalue weighted by atomic mass is 9.78. The molecule has 12 amide bonds. The number of carboxylic acid groups (broad SMARTS) is 1. The van der Waals surface area contributed by atoms with Gasteiger partial charge in [-0.1, -0.05) is 73.5 Å². The average Bonchev–Trinajstić information content (AvgIpc) is 1.58. The van der Waals surface area contributed by atoms with Crippen molar-refractivity contribution in [1.29, 1.82) is 0 Å². The number of rotatable bonds is 28. The highest BCUT2D eigenvalue weighted by atomic mass is 16.5. The van der Waals surface area contributed by atoms with E-state index in [-0.39, 0.29) is 102 Å². The minimum Gasteiger partial charge on any atom is -0.485 e. The molecular formula is C85H89N13O17. The second-order valence-electron chi connectivity index (χ2n) is 29.0. The second kappa shape index (κ2) is 37.5. The topological polar surface area (TPSA) is 451 Å². The van der Waals surface area contributed by atoms with Crippen LogP contribution < -0.4 is 53.3 Å². The molecule has 0 spiro atoms. The second-order valence-corrected chi connectivity index (χ2v) is 29.0. The number of aliphatic carboxylic acids is 1. The van der Waals surface area contributed by atoms with E-state index in [0.717, 1.165) is 126 Å². The van der Waals surface area contributed by atoms with E-state index in [1.807, 2.05) is 77.7 Å². The van der Waals surface area contributed by atoms with Gasteiger partial charge in [0, 0.05) is 85.8 Å². The molecule has 3 saturated heterocycles. The van der Waals surface area contributed by atoms with E-state index >= 15 is 0 Å². The van der Waals surface area contributed by atoms with Gasteiger partial charge in [0.1, 0.15) is 30.2 Å². The molecule has 2 atom stereocenters. The first kappa shape index (κ1) is 81.4. The number of carbonyl (C=O) groups is 14. The van der Waals surface area contributed by atoms with Gasteiger partial charge < -0.3 is 52.6 Å². The highest BCUT2D eigenvalue weighted by molar-refractivity contribution is 6.26. The van der Waals surface area contributed by atoms with Crippen molar-refractivity contribution in [1.82, 2.24) is 40.6 Å². The SMILES string of the molecule is NC(=O)c1cnc2ccc(C3CCC(C(=O)NCCCCCC(=O)COc4cccc5c4C(=O)N(C4CCC(=O)NC4=O)C5=O)CC3)cc2c1Nc1ccccc1.NCCCCCC(=O)N1CCC(c2ccc3ncc(C(N)=O)c(Nc4ccccc4)c3c2)CC1.O=C(O)COc1cccc2c1C(=O)N(C1CCC(=O)NC1=O)C2=O. The average molecular weight is 1560 g/mol. The fourth-order valence-electron chi connectivity index (χ4n) is 15.4. The van der Waals surface area contributed by atoms with Crippen molar-refractivity contribution in [3.05, 3.63) is 190 Å². The fourth-order valence-corrected chi connectivity index (χ4v) is 15.4. The highest BCUT2D eigenvalue weighted by Gasteiger charge is 2.48. The van der Waals surface area contributed by atoms with Crippen LogP contribution in [0.3, 0.4) is 0 Å². The molecule has 2 unspecified atom stereocenters. The number of Topliss-reactive ketones (excluding diaryl/α,β-unsaturated/α-hetero) is 1. The molecule has 6 aromatic carbocycles. The van der Waals surface area contributed by atoms with E-state index < -0.39 is 83.7 Å². The lowest BCUT2D eigenvalue weighted by Gasteiger charge is -2.32. The Morgan fingerprint density at radius 2 is 0.974 bits per heavy atom. The smallest absolute Gasteiger partial charge is 0.341 e. The first-order valence-electron chi connectivity index (χ1n) is 38.6. The number of piperidine rings is 3. The van der Waals surface area contributed by atoms with Crippen molar-refractivity contribution >= 4 is 127 Å². The Balaban J connectivity index is 0.000000177. The first-order valence-corrected chi connectivity index (χ1v) is 38.6. The van der Waals surface area contributed by atoms with Crippen LogP contribution in [0.1, 0.15) is 201 Å². The largest absolute Gasteiger partial charge is 0.485 e. The summed E-state index contributed by atoms with van der Waals surface area (Å²) in [4.78, 5) is 184. The van der Waals surface area contributed by atoms with E-state index in [4.69, 9.17) is 31.8 Å². The van der Waals surface area contributed by atoms with Gasteiger partial charge in [0.2, 0.25) is 35.4 Å². The molecule has 4 fully saturated rings. The van der Waals surface area contributed by atoms with Gasteiger partial charge in [0.05, 0.1) is 55.8 Å². The van der Waals surface area contributed by atoms with Gasteiger partial charge in [-0.15, -0.1) is 0 Å². The number of unbranched alkanes of at least 4 members (excludes halogenated alkanes) is 4. The molecule has 115 heavy (non-hydrogen) atoms. The molecule has 596 valence electrons. The molecule has 8 aromatic rings. The molecule has 30 nitrogen and oxygen atoms in total. The summed E-state index contributed by atoms with van der Waals surface area (Å²) in [6, 6.07) is 38.2. The van der Waals surface area contributed by atoms with Crippen LogP contribution in [0.15, 0.2) is 146 Å². The maximum Gasteiger partial charge on any atom is 0.341 e. The number of benzene rings is 6. The summed E-state index contributed by atoms with van der Waals surface area (Å²) in [5.74, 6) is -6.69. The number of nitrogens with zero attached hydrogens (tertiary/aromatic N) is 5. The lowest BCUT2D eigenvalue weighted by molar-refractivity contribution is -0.139. The number of para-hydroxylation sites is 2. The van der Waals surface area contributed by atoms with Crippen molar-refractivity contribution < 1.29 is 81.7 Å². The summed E-state index contributed by atoms with van der Waals surface area (Å²) in [5.41, 5.74) is 24.5. The number of carboxylic acids is 1. The van der Waals surface area contributed by atoms with Crippen molar-refractivity contribution in [2.24, 2.45) is 23.1 Å². The number of nitrogens with one attached hydrogen (secondary N) is 5. The van der Waals surface area contributed by atoms with E-state index in [1.165, 1.54) is 48.3 Å². The quantitative estimate of drug-likeness (QED) is 0.0163. The molecule has 12 N–H and O–H groups in total. The van der Waals surface area contributed by atoms with Crippen LogP contribution in [0, 0.1) is 5.92 Å². The maximum absolute atomic E-state index is 13.2. The Morgan fingerprint density at radius 1 is 0.504 bits per heavy atom. The number of likely N-dealkylation sites (tertiary alicyclic amines) is 1. The molecule has 0 radical (unpaired) electrons. The number of anilines is 4. The van der Waals surface area contributed by atoms with E-state index in [9.17, 15) is 67.1 Å².